The lowest BCUT2D eigenvalue weighted by atomic mass is 10.1. The first-order valence-electron chi connectivity index (χ1n) is 10.2. The largest absolute Gasteiger partial charge is 0.354 e. The van der Waals surface area contributed by atoms with Crippen molar-refractivity contribution in [2.75, 3.05) is 23.7 Å². The first-order valence-corrected chi connectivity index (χ1v) is 12.8. The highest BCUT2D eigenvalue weighted by molar-refractivity contribution is 9.10. The number of halogens is 3. The summed E-state index contributed by atoms with van der Waals surface area (Å²) in [6, 6.07) is 8.78. The molecule has 0 aliphatic carbocycles. The molecule has 0 aliphatic rings. The summed E-state index contributed by atoms with van der Waals surface area (Å²) < 4.78 is 53.3. The Morgan fingerprint density at radius 3 is 2.39 bits per heavy atom. The van der Waals surface area contributed by atoms with Gasteiger partial charge in [0.1, 0.15) is 12.6 Å². The second-order valence-electron chi connectivity index (χ2n) is 7.49. The number of hydrogen-bond donors (Lipinski definition) is 1. The van der Waals surface area contributed by atoms with E-state index in [1.807, 2.05) is 13.0 Å². The SMILES string of the molecule is CCCNC(=O)[C@@H](C)N(Cc1cccc(Br)c1)C(=O)CN(c1ccc(F)c(F)c1)S(C)(=O)=O. The molecular formula is C22H26BrF2N3O4S. The zero-order valence-electron chi connectivity index (χ0n) is 18.5. The molecule has 2 aromatic carbocycles. The van der Waals surface area contributed by atoms with Gasteiger partial charge in [-0.3, -0.25) is 13.9 Å². The van der Waals surface area contributed by atoms with Crippen LogP contribution in [0.1, 0.15) is 25.8 Å². The molecule has 2 amide bonds. The first-order chi connectivity index (χ1) is 15.4. The van der Waals surface area contributed by atoms with E-state index in [4.69, 9.17) is 0 Å². The number of carbonyl (C=O) groups is 2. The van der Waals surface area contributed by atoms with Gasteiger partial charge in [0.25, 0.3) is 0 Å². The molecule has 0 bridgehead atoms. The highest BCUT2D eigenvalue weighted by Gasteiger charge is 2.30. The van der Waals surface area contributed by atoms with Gasteiger partial charge in [-0.2, -0.15) is 0 Å². The minimum Gasteiger partial charge on any atom is -0.354 e. The highest BCUT2D eigenvalue weighted by Crippen LogP contribution is 2.22. The van der Waals surface area contributed by atoms with E-state index in [9.17, 15) is 26.8 Å². The van der Waals surface area contributed by atoms with Crippen LogP contribution in [0.15, 0.2) is 46.9 Å². The Balaban J connectivity index is 2.39. The van der Waals surface area contributed by atoms with Crippen LogP contribution in [-0.2, 0) is 26.2 Å². The lowest BCUT2D eigenvalue weighted by Crippen LogP contribution is -2.51. The Hall–Kier alpha value is -2.53. The average Bonchev–Trinajstić information content (AvgIpc) is 2.74. The number of nitrogens with zero attached hydrogens (tertiary/aromatic N) is 2. The van der Waals surface area contributed by atoms with Crippen molar-refractivity contribution >= 4 is 43.5 Å². The zero-order chi connectivity index (χ0) is 24.8. The minimum absolute atomic E-state index is 0.0361. The lowest BCUT2D eigenvalue weighted by Gasteiger charge is -2.31. The third kappa shape index (κ3) is 7.50. The summed E-state index contributed by atoms with van der Waals surface area (Å²) in [7, 11) is -4.03. The van der Waals surface area contributed by atoms with Gasteiger partial charge in [-0.1, -0.05) is 35.0 Å². The van der Waals surface area contributed by atoms with E-state index < -0.39 is 40.2 Å². The van der Waals surface area contributed by atoms with Crippen LogP contribution in [0.4, 0.5) is 14.5 Å². The van der Waals surface area contributed by atoms with Crippen LogP contribution in [-0.4, -0.2) is 50.5 Å². The summed E-state index contributed by atoms with van der Waals surface area (Å²) in [5.41, 5.74) is 0.516. The molecule has 0 fully saturated rings. The molecule has 0 unspecified atom stereocenters. The van der Waals surface area contributed by atoms with Crippen molar-refractivity contribution in [3.63, 3.8) is 0 Å². The van der Waals surface area contributed by atoms with Crippen LogP contribution < -0.4 is 9.62 Å². The number of hydrogen-bond acceptors (Lipinski definition) is 4. The van der Waals surface area contributed by atoms with Crippen molar-refractivity contribution in [3.8, 4) is 0 Å². The van der Waals surface area contributed by atoms with Crippen LogP contribution >= 0.6 is 15.9 Å². The van der Waals surface area contributed by atoms with E-state index in [2.05, 4.69) is 21.2 Å². The quantitative estimate of drug-likeness (QED) is 0.495. The summed E-state index contributed by atoms with van der Waals surface area (Å²) in [5.74, 6) is -3.45. The van der Waals surface area contributed by atoms with Crippen molar-refractivity contribution in [2.24, 2.45) is 0 Å². The number of amides is 2. The Morgan fingerprint density at radius 2 is 1.82 bits per heavy atom. The lowest BCUT2D eigenvalue weighted by molar-refractivity contribution is -0.139. The molecule has 2 aromatic rings. The van der Waals surface area contributed by atoms with Crippen molar-refractivity contribution in [3.05, 3.63) is 64.1 Å². The summed E-state index contributed by atoms with van der Waals surface area (Å²) in [6.45, 7) is 3.20. The second-order valence-corrected chi connectivity index (χ2v) is 10.3. The number of benzene rings is 2. The van der Waals surface area contributed by atoms with Crippen LogP contribution in [0.5, 0.6) is 0 Å². The normalized spacial score (nSPS) is 12.2. The van der Waals surface area contributed by atoms with Crippen LogP contribution in [0.25, 0.3) is 0 Å². The van der Waals surface area contributed by atoms with Gasteiger partial charge in [0.2, 0.25) is 21.8 Å². The summed E-state index contributed by atoms with van der Waals surface area (Å²) in [5, 5.41) is 2.73. The van der Waals surface area contributed by atoms with Crippen LogP contribution in [0.2, 0.25) is 0 Å². The van der Waals surface area contributed by atoms with E-state index in [1.54, 1.807) is 25.1 Å². The standard InChI is InChI=1S/C22H26BrF2N3O4S/c1-4-10-26-22(30)15(2)27(13-16-6-5-7-17(23)11-16)21(29)14-28(33(3,31)32)18-8-9-19(24)20(25)12-18/h5-9,11-12,15H,4,10,13-14H2,1-3H3,(H,26,30)/t15-/m1/s1. The Bertz CT molecular complexity index is 1110. The molecule has 0 saturated heterocycles. The Labute approximate surface area is 200 Å². The Kier molecular flexibility index (Phi) is 9.35. The fourth-order valence-electron chi connectivity index (χ4n) is 3.06. The van der Waals surface area contributed by atoms with Gasteiger partial charge in [-0.15, -0.1) is 0 Å². The smallest absolute Gasteiger partial charge is 0.244 e. The molecule has 0 aliphatic heterocycles. The topological polar surface area (TPSA) is 86.8 Å². The minimum atomic E-state index is -4.03. The van der Waals surface area contributed by atoms with Crippen molar-refractivity contribution in [1.29, 1.82) is 0 Å². The summed E-state index contributed by atoms with van der Waals surface area (Å²) in [6.07, 6.45) is 1.56. The van der Waals surface area contributed by atoms with Crippen molar-refractivity contribution in [2.45, 2.75) is 32.9 Å². The third-order valence-electron chi connectivity index (χ3n) is 4.83. The van der Waals surface area contributed by atoms with E-state index in [-0.39, 0.29) is 18.1 Å². The maximum Gasteiger partial charge on any atom is 0.244 e. The predicted molar refractivity (Wildman–Crippen MR) is 126 cm³/mol. The van der Waals surface area contributed by atoms with E-state index in [0.717, 1.165) is 22.9 Å². The maximum atomic E-state index is 13.8. The molecule has 2 rings (SSSR count). The molecule has 0 radical (unpaired) electrons. The van der Waals surface area contributed by atoms with E-state index in [1.165, 1.54) is 4.90 Å². The number of sulfonamides is 1. The molecule has 11 heteroatoms. The van der Waals surface area contributed by atoms with E-state index in [0.29, 0.717) is 28.9 Å². The molecule has 33 heavy (non-hydrogen) atoms. The van der Waals surface area contributed by atoms with Gasteiger partial charge in [0.05, 0.1) is 11.9 Å². The van der Waals surface area contributed by atoms with Gasteiger partial charge in [0.15, 0.2) is 11.6 Å². The third-order valence-corrected chi connectivity index (χ3v) is 6.46. The molecule has 7 nitrogen and oxygen atoms in total. The van der Waals surface area contributed by atoms with E-state index >= 15 is 0 Å². The zero-order valence-corrected chi connectivity index (χ0v) is 20.9. The summed E-state index contributed by atoms with van der Waals surface area (Å²) in [4.78, 5) is 27.2. The van der Waals surface area contributed by atoms with Crippen molar-refractivity contribution in [1.82, 2.24) is 10.2 Å². The molecule has 1 N–H and O–H groups in total. The molecular weight excluding hydrogens is 520 g/mol. The molecule has 0 spiro atoms. The van der Waals surface area contributed by atoms with Gasteiger partial charge in [-0.05, 0) is 43.2 Å². The number of anilines is 1. The number of nitrogens with one attached hydrogen (secondary N) is 1. The summed E-state index contributed by atoms with van der Waals surface area (Å²) >= 11 is 3.36. The predicted octanol–water partition coefficient (Wildman–Crippen LogP) is 3.44. The Morgan fingerprint density at radius 1 is 1.12 bits per heavy atom. The fraction of sp³-hybridized carbons (Fsp3) is 0.364. The highest BCUT2D eigenvalue weighted by atomic mass is 79.9. The molecule has 0 heterocycles. The average molecular weight is 546 g/mol. The first kappa shape index (κ1) is 26.7. The second kappa shape index (κ2) is 11.6. The van der Waals surface area contributed by atoms with Gasteiger partial charge in [-0.25, -0.2) is 17.2 Å². The fourth-order valence-corrected chi connectivity index (χ4v) is 4.35. The van der Waals surface area contributed by atoms with Gasteiger partial charge < -0.3 is 10.2 Å². The van der Waals surface area contributed by atoms with Crippen LogP contribution in [0.3, 0.4) is 0 Å². The number of carbonyl (C=O) groups excluding carboxylic acids is 2. The number of rotatable bonds is 10. The van der Waals surface area contributed by atoms with Gasteiger partial charge >= 0.3 is 0 Å². The molecule has 1 atom stereocenters. The monoisotopic (exact) mass is 545 g/mol. The molecule has 180 valence electrons. The molecule has 0 saturated carbocycles. The maximum absolute atomic E-state index is 13.8. The van der Waals surface area contributed by atoms with Crippen molar-refractivity contribution < 1.29 is 26.8 Å². The van der Waals surface area contributed by atoms with Gasteiger partial charge in [0, 0.05) is 23.6 Å². The van der Waals surface area contributed by atoms with Crippen LogP contribution in [0, 0.1) is 11.6 Å². The molecule has 0 aromatic heterocycles.